The van der Waals surface area contributed by atoms with Crippen molar-refractivity contribution in [3.8, 4) is 0 Å². The lowest BCUT2D eigenvalue weighted by Gasteiger charge is -2.46. The van der Waals surface area contributed by atoms with Crippen molar-refractivity contribution >= 4 is 5.91 Å². The van der Waals surface area contributed by atoms with Crippen molar-refractivity contribution in [2.24, 2.45) is 5.73 Å². The Morgan fingerprint density at radius 2 is 2.21 bits per heavy atom. The van der Waals surface area contributed by atoms with Crippen LogP contribution in [0.4, 0.5) is 0 Å². The molecule has 0 aromatic rings. The summed E-state index contributed by atoms with van der Waals surface area (Å²) in [6.07, 6.45) is 2.19. The second-order valence-electron chi connectivity index (χ2n) is 4.60. The van der Waals surface area contributed by atoms with Crippen LogP contribution in [0.2, 0.25) is 0 Å². The predicted molar refractivity (Wildman–Crippen MR) is 54.8 cm³/mol. The van der Waals surface area contributed by atoms with E-state index in [1.54, 1.807) is 0 Å². The van der Waals surface area contributed by atoms with Gasteiger partial charge < -0.3 is 15.5 Å². The topological polar surface area (TPSA) is 49.6 Å². The van der Waals surface area contributed by atoms with Gasteiger partial charge in [-0.15, -0.1) is 0 Å². The summed E-state index contributed by atoms with van der Waals surface area (Å²) in [5.41, 5.74) is 5.58. The Balaban J connectivity index is 1.91. The van der Waals surface area contributed by atoms with E-state index in [9.17, 15) is 4.79 Å². The highest BCUT2D eigenvalue weighted by Crippen LogP contribution is 2.24. The number of nitrogens with zero attached hydrogens (tertiary/aromatic N) is 2. The molecule has 4 heteroatoms. The smallest absolute Gasteiger partial charge is 0.241 e. The van der Waals surface area contributed by atoms with E-state index in [0.29, 0.717) is 12.1 Å². The molecule has 0 aliphatic carbocycles. The number of carbonyl (C=O) groups excluding carboxylic acids is 1. The van der Waals surface area contributed by atoms with Crippen molar-refractivity contribution in [1.29, 1.82) is 0 Å². The molecule has 0 aromatic carbocycles. The number of carbonyl (C=O) groups is 1. The molecule has 0 bridgehead atoms. The summed E-state index contributed by atoms with van der Waals surface area (Å²) >= 11 is 0. The lowest BCUT2D eigenvalue weighted by atomic mass is 9.93. The molecule has 3 atom stereocenters. The highest BCUT2D eigenvalue weighted by atomic mass is 16.2. The third-order valence-electron chi connectivity index (χ3n) is 3.62. The van der Waals surface area contributed by atoms with Crippen LogP contribution in [0.1, 0.15) is 19.8 Å². The first-order valence-electron chi connectivity index (χ1n) is 5.36. The van der Waals surface area contributed by atoms with Crippen LogP contribution in [0, 0.1) is 0 Å². The lowest BCUT2D eigenvalue weighted by molar-refractivity contribution is -0.147. The third kappa shape index (κ3) is 1.53. The monoisotopic (exact) mass is 197 g/mol. The number of hydrogen-bond donors (Lipinski definition) is 1. The molecular weight excluding hydrogens is 178 g/mol. The zero-order chi connectivity index (χ0) is 10.3. The molecule has 80 valence electrons. The summed E-state index contributed by atoms with van der Waals surface area (Å²) in [5.74, 6) is 0.145. The Morgan fingerprint density at radius 3 is 2.71 bits per heavy atom. The predicted octanol–water partition coefficient (Wildman–Crippen LogP) is -0.361. The van der Waals surface area contributed by atoms with E-state index in [4.69, 9.17) is 5.73 Å². The quantitative estimate of drug-likeness (QED) is 0.584. The van der Waals surface area contributed by atoms with Crippen molar-refractivity contribution in [3.05, 3.63) is 0 Å². The van der Waals surface area contributed by atoms with Crippen LogP contribution in [-0.2, 0) is 4.79 Å². The minimum atomic E-state index is -0.218. The summed E-state index contributed by atoms with van der Waals surface area (Å²) in [5, 5.41) is 0. The van der Waals surface area contributed by atoms with Crippen LogP contribution >= 0.6 is 0 Å². The second kappa shape index (κ2) is 3.51. The Hall–Kier alpha value is -0.610. The van der Waals surface area contributed by atoms with Crippen molar-refractivity contribution in [3.63, 3.8) is 0 Å². The molecule has 3 unspecified atom stereocenters. The Bertz CT molecular complexity index is 244. The average Bonchev–Trinajstić information content (AvgIpc) is 2.18. The van der Waals surface area contributed by atoms with Gasteiger partial charge in [0.15, 0.2) is 0 Å². The molecule has 2 fully saturated rings. The molecule has 2 aliphatic heterocycles. The van der Waals surface area contributed by atoms with E-state index in [1.165, 1.54) is 0 Å². The number of likely N-dealkylation sites (tertiary alicyclic amines) is 2. The van der Waals surface area contributed by atoms with E-state index < -0.39 is 0 Å². The molecule has 2 aliphatic rings. The standard InChI is InChI=1S/C10H19N3O/c1-7-5-8(3-4-12(7)2)13-6-9(11)10(13)14/h7-9H,3-6,11H2,1-2H3. The number of rotatable bonds is 1. The molecule has 1 amide bonds. The molecule has 4 nitrogen and oxygen atoms in total. The molecule has 0 radical (unpaired) electrons. The maximum absolute atomic E-state index is 11.4. The van der Waals surface area contributed by atoms with Gasteiger partial charge in [-0.25, -0.2) is 0 Å². The van der Waals surface area contributed by atoms with Crippen molar-refractivity contribution in [2.75, 3.05) is 20.1 Å². The number of piperidine rings is 1. The summed E-state index contributed by atoms with van der Waals surface area (Å²) in [4.78, 5) is 15.7. The number of amides is 1. The normalized spacial score (nSPS) is 39.8. The van der Waals surface area contributed by atoms with Gasteiger partial charge in [-0.3, -0.25) is 4.79 Å². The number of β-lactam (4-membered cyclic amide) rings is 1. The fraction of sp³-hybridized carbons (Fsp3) is 0.900. The Morgan fingerprint density at radius 1 is 1.50 bits per heavy atom. The van der Waals surface area contributed by atoms with Gasteiger partial charge in [0.1, 0.15) is 6.04 Å². The molecule has 0 spiro atoms. The zero-order valence-corrected chi connectivity index (χ0v) is 8.94. The minimum absolute atomic E-state index is 0.145. The third-order valence-corrected chi connectivity index (χ3v) is 3.62. The Kier molecular flexibility index (Phi) is 2.49. The van der Waals surface area contributed by atoms with Crippen LogP contribution < -0.4 is 5.73 Å². The highest BCUT2D eigenvalue weighted by Gasteiger charge is 2.40. The molecule has 0 aromatic heterocycles. The van der Waals surface area contributed by atoms with Crippen LogP contribution in [-0.4, -0.2) is 54.0 Å². The highest BCUT2D eigenvalue weighted by molar-refractivity contribution is 5.88. The first-order chi connectivity index (χ1) is 6.59. The van der Waals surface area contributed by atoms with E-state index in [2.05, 4.69) is 18.9 Å². The lowest BCUT2D eigenvalue weighted by Crippen LogP contribution is -2.65. The summed E-state index contributed by atoms with van der Waals surface area (Å²) < 4.78 is 0. The van der Waals surface area contributed by atoms with Crippen LogP contribution in [0.3, 0.4) is 0 Å². The van der Waals surface area contributed by atoms with Gasteiger partial charge >= 0.3 is 0 Å². The van der Waals surface area contributed by atoms with E-state index >= 15 is 0 Å². The summed E-state index contributed by atoms with van der Waals surface area (Å²) in [6, 6.07) is 0.803. The SMILES string of the molecule is CC1CC(N2CC(N)C2=O)CCN1C. The van der Waals surface area contributed by atoms with Crippen LogP contribution in [0.15, 0.2) is 0 Å². The fourth-order valence-electron chi connectivity index (χ4n) is 2.36. The first-order valence-corrected chi connectivity index (χ1v) is 5.36. The summed E-state index contributed by atoms with van der Waals surface area (Å²) in [6.45, 7) is 4.07. The molecule has 2 N–H and O–H groups in total. The van der Waals surface area contributed by atoms with Gasteiger partial charge in [-0.2, -0.15) is 0 Å². The average molecular weight is 197 g/mol. The molecule has 0 saturated carbocycles. The van der Waals surface area contributed by atoms with E-state index in [0.717, 1.165) is 25.9 Å². The molecule has 14 heavy (non-hydrogen) atoms. The maximum atomic E-state index is 11.4. The van der Waals surface area contributed by atoms with Crippen LogP contribution in [0.5, 0.6) is 0 Å². The fourth-order valence-corrected chi connectivity index (χ4v) is 2.36. The first kappa shape index (κ1) is 9.93. The Labute approximate surface area is 85.0 Å². The van der Waals surface area contributed by atoms with Crippen molar-refractivity contribution < 1.29 is 4.79 Å². The second-order valence-corrected chi connectivity index (χ2v) is 4.60. The van der Waals surface area contributed by atoms with Gasteiger partial charge in [-0.1, -0.05) is 0 Å². The molecule has 2 saturated heterocycles. The number of nitrogens with two attached hydrogens (primary N) is 1. The molecule has 2 rings (SSSR count). The molecular formula is C10H19N3O. The minimum Gasteiger partial charge on any atom is -0.336 e. The van der Waals surface area contributed by atoms with Gasteiger partial charge in [0.25, 0.3) is 0 Å². The largest absolute Gasteiger partial charge is 0.336 e. The van der Waals surface area contributed by atoms with E-state index in [1.807, 2.05) is 4.90 Å². The van der Waals surface area contributed by atoms with Crippen molar-refractivity contribution in [2.45, 2.75) is 37.9 Å². The van der Waals surface area contributed by atoms with Crippen molar-refractivity contribution in [1.82, 2.24) is 9.80 Å². The van der Waals surface area contributed by atoms with E-state index in [-0.39, 0.29) is 11.9 Å². The maximum Gasteiger partial charge on any atom is 0.241 e. The number of hydrogen-bond acceptors (Lipinski definition) is 3. The summed E-state index contributed by atoms with van der Waals surface area (Å²) in [7, 11) is 2.14. The zero-order valence-electron chi connectivity index (χ0n) is 8.94. The van der Waals surface area contributed by atoms with Gasteiger partial charge in [0.2, 0.25) is 5.91 Å². The van der Waals surface area contributed by atoms with Gasteiger partial charge in [0.05, 0.1) is 0 Å². The van der Waals surface area contributed by atoms with Gasteiger partial charge in [0, 0.05) is 25.2 Å². The van der Waals surface area contributed by atoms with Gasteiger partial charge in [-0.05, 0) is 26.8 Å². The van der Waals surface area contributed by atoms with Crippen LogP contribution in [0.25, 0.3) is 0 Å². The molecule has 2 heterocycles.